The van der Waals surface area contributed by atoms with Gasteiger partial charge in [-0.25, -0.2) is 4.79 Å². The van der Waals surface area contributed by atoms with Crippen LogP contribution in [-0.4, -0.2) is 27.2 Å². The fourth-order valence-corrected chi connectivity index (χ4v) is 1.06. The maximum atomic E-state index is 11.3. The van der Waals surface area contributed by atoms with Crippen LogP contribution in [-0.2, 0) is 4.79 Å². The zero-order valence-electron chi connectivity index (χ0n) is 8.57. The molecule has 0 aliphatic rings. The van der Waals surface area contributed by atoms with E-state index in [2.05, 4.69) is 15.5 Å². The average Bonchev–Trinajstić information content (AvgIpc) is 2.50. The summed E-state index contributed by atoms with van der Waals surface area (Å²) in [6, 6.07) is 1.28. The third-order valence-corrected chi connectivity index (χ3v) is 1.67. The van der Waals surface area contributed by atoms with Crippen molar-refractivity contribution in [2.75, 3.05) is 5.32 Å². The maximum Gasteiger partial charge on any atom is 0.353 e. The molecule has 1 aromatic heterocycles. The number of aromatic amines is 1. The summed E-state index contributed by atoms with van der Waals surface area (Å²) in [4.78, 5) is 21.8. The minimum Gasteiger partial charge on any atom is -0.477 e. The molecule has 0 radical (unpaired) electrons. The van der Waals surface area contributed by atoms with Crippen LogP contribution in [0.2, 0.25) is 0 Å². The van der Waals surface area contributed by atoms with Crippen molar-refractivity contribution in [1.29, 1.82) is 0 Å². The van der Waals surface area contributed by atoms with Crippen molar-refractivity contribution in [3.05, 3.63) is 11.8 Å². The highest BCUT2D eigenvalue weighted by Crippen LogP contribution is 2.07. The molecule has 82 valence electrons. The van der Waals surface area contributed by atoms with Crippen LogP contribution in [0.1, 0.15) is 30.8 Å². The summed E-state index contributed by atoms with van der Waals surface area (Å²) < 4.78 is 0. The van der Waals surface area contributed by atoms with Gasteiger partial charge in [0, 0.05) is 12.5 Å². The topological polar surface area (TPSA) is 95.1 Å². The Balaban J connectivity index is 2.57. The summed E-state index contributed by atoms with van der Waals surface area (Å²) in [5.41, 5.74) is -0.0464. The predicted molar refractivity (Wildman–Crippen MR) is 53.6 cm³/mol. The number of rotatable bonds is 4. The molecule has 3 N–H and O–H groups in total. The number of aromatic carboxylic acids is 1. The van der Waals surface area contributed by atoms with Crippen LogP contribution < -0.4 is 5.32 Å². The quantitative estimate of drug-likeness (QED) is 0.694. The standard InChI is InChI=1S/C9H13N3O3/c1-5(2)3-8(13)10-7-4-6(9(14)15)11-12-7/h4-5H,3H2,1-2H3,(H,14,15)(H2,10,11,12,13). The largest absolute Gasteiger partial charge is 0.477 e. The van der Waals surface area contributed by atoms with Crippen LogP contribution in [0.3, 0.4) is 0 Å². The summed E-state index contributed by atoms with van der Waals surface area (Å²) in [5.74, 6) is -0.791. The molecule has 0 saturated carbocycles. The second-order valence-electron chi connectivity index (χ2n) is 3.62. The van der Waals surface area contributed by atoms with E-state index in [4.69, 9.17) is 5.11 Å². The van der Waals surface area contributed by atoms with E-state index in [-0.39, 0.29) is 23.3 Å². The summed E-state index contributed by atoms with van der Waals surface area (Å²) >= 11 is 0. The van der Waals surface area contributed by atoms with E-state index in [1.807, 2.05) is 13.8 Å². The monoisotopic (exact) mass is 211 g/mol. The molecule has 1 amide bonds. The first-order valence-corrected chi connectivity index (χ1v) is 4.57. The Labute approximate surface area is 86.7 Å². The number of carbonyl (C=O) groups is 2. The fourth-order valence-electron chi connectivity index (χ4n) is 1.06. The van der Waals surface area contributed by atoms with Crippen LogP contribution in [0.15, 0.2) is 6.07 Å². The third kappa shape index (κ3) is 3.41. The number of nitrogens with zero attached hydrogens (tertiary/aromatic N) is 1. The van der Waals surface area contributed by atoms with Crippen molar-refractivity contribution in [3.8, 4) is 0 Å². The van der Waals surface area contributed by atoms with E-state index in [9.17, 15) is 9.59 Å². The molecule has 0 aromatic carbocycles. The Morgan fingerprint density at radius 3 is 2.73 bits per heavy atom. The van der Waals surface area contributed by atoms with Gasteiger partial charge in [-0.1, -0.05) is 13.8 Å². The molecule has 6 nitrogen and oxygen atoms in total. The van der Waals surface area contributed by atoms with Crippen LogP contribution >= 0.6 is 0 Å². The van der Waals surface area contributed by atoms with E-state index in [0.717, 1.165) is 0 Å². The van der Waals surface area contributed by atoms with Crippen molar-refractivity contribution in [3.63, 3.8) is 0 Å². The van der Waals surface area contributed by atoms with Crippen LogP contribution in [0, 0.1) is 5.92 Å². The van der Waals surface area contributed by atoms with Crippen molar-refractivity contribution >= 4 is 17.7 Å². The lowest BCUT2D eigenvalue weighted by molar-refractivity contribution is -0.116. The molecule has 0 unspecified atom stereocenters. The number of carboxylic acids is 1. The molecule has 0 fully saturated rings. The molecule has 0 atom stereocenters. The van der Waals surface area contributed by atoms with Gasteiger partial charge in [0.1, 0.15) is 5.69 Å². The Hall–Kier alpha value is -1.85. The van der Waals surface area contributed by atoms with Crippen LogP contribution in [0.25, 0.3) is 0 Å². The Bertz CT molecular complexity index is 370. The molecular formula is C9H13N3O3. The molecule has 6 heteroatoms. The molecule has 0 spiro atoms. The average molecular weight is 211 g/mol. The SMILES string of the molecule is CC(C)CC(=O)Nc1cc(C(=O)O)[nH]n1. The number of hydrogen-bond donors (Lipinski definition) is 3. The number of anilines is 1. The minimum absolute atomic E-state index is 0.0464. The normalized spacial score (nSPS) is 10.3. The van der Waals surface area contributed by atoms with Gasteiger partial charge in [-0.2, -0.15) is 5.10 Å². The molecule has 1 heterocycles. The summed E-state index contributed by atoms with van der Waals surface area (Å²) in [5, 5.41) is 17.0. The van der Waals surface area contributed by atoms with Gasteiger partial charge in [0.2, 0.25) is 5.91 Å². The van der Waals surface area contributed by atoms with E-state index < -0.39 is 5.97 Å². The maximum absolute atomic E-state index is 11.3. The predicted octanol–water partition coefficient (Wildman–Crippen LogP) is 1.09. The minimum atomic E-state index is -1.10. The van der Waals surface area contributed by atoms with Gasteiger partial charge in [0.15, 0.2) is 5.82 Å². The molecule has 1 aromatic rings. The summed E-state index contributed by atoms with van der Waals surface area (Å²) in [7, 11) is 0. The zero-order valence-corrected chi connectivity index (χ0v) is 8.57. The lowest BCUT2D eigenvalue weighted by Gasteiger charge is -2.03. The Kier molecular flexibility index (Phi) is 3.43. The molecule has 0 aliphatic heterocycles. The van der Waals surface area contributed by atoms with Crippen LogP contribution in [0.4, 0.5) is 5.82 Å². The number of hydrogen-bond acceptors (Lipinski definition) is 3. The number of H-pyrrole nitrogens is 1. The summed E-state index contributed by atoms with van der Waals surface area (Å²) in [6.07, 6.45) is 0.384. The van der Waals surface area contributed by atoms with Gasteiger partial charge in [0.05, 0.1) is 0 Å². The van der Waals surface area contributed by atoms with E-state index in [0.29, 0.717) is 6.42 Å². The molecule has 0 aliphatic carbocycles. The highest BCUT2D eigenvalue weighted by Gasteiger charge is 2.10. The van der Waals surface area contributed by atoms with Gasteiger partial charge in [-0.3, -0.25) is 9.89 Å². The number of aromatic nitrogens is 2. The Morgan fingerprint density at radius 1 is 1.60 bits per heavy atom. The van der Waals surface area contributed by atoms with Gasteiger partial charge in [0.25, 0.3) is 0 Å². The molecule has 0 saturated heterocycles. The number of carboxylic acid groups (broad SMARTS) is 1. The zero-order chi connectivity index (χ0) is 11.4. The lowest BCUT2D eigenvalue weighted by Crippen LogP contribution is -2.13. The van der Waals surface area contributed by atoms with Crippen molar-refractivity contribution in [2.45, 2.75) is 20.3 Å². The van der Waals surface area contributed by atoms with E-state index in [1.54, 1.807) is 0 Å². The fraction of sp³-hybridized carbons (Fsp3) is 0.444. The highest BCUT2D eigenvalue weighted by atomic mass is 16.4. The van der Waals surface area contributed by atoms with Gasteiger partial charge in [-0.05, 0) is 5.92 Å². The van der Waals surface area contributed by atoms with Crippen molar-refractivity contribution in [1.82, 2.24) is 10.2 Å². The first kappa shape index (κ1) is 11.2. The lowest BCUT2D eigenvalue weighted by atomic mass is 10.1. The van der Waals surface area contributed by atoms with Crippen molar-refractivity contribution < 1.29 is 14.7 Å². The first-order chi connectivity index (χ1) is 6.99. The van der Waals surface area contributed by atoms with E-state index in [1.165, 1.54) is 6.07 Å². The number of carbonyl (C=O) groups excluding carboxylic acids is 1. The number of amides is 1. The third-order valence-electron chi connectivity index (χ3n) is 1.67. The molecule has 15 heavy (non-hydrogen) atoms. The molecule has 1 rings (SSSR count). The molecule has 0 bridgehead atoms. The highest BCUT2D eigenvalue weighted by molar-refractivity contribution is 5.92. The second-order valence-corrected chi connectivity index (χ2v) is 3.62. The smallest absolute Gasteiger partial charge is 0.353 e. The number of nitrogens with one attached hydrogen (secondary N) is 2. The Morgan fingerprint density at radius 2 is 2.27 bits per heavy atom. The second kappa shape index (κ2) is 4.59. The van der Waals surface area contributed by atoms with Gasteiger partial charge in [-0.15, -0.1) is 0 Å². The van der Waals surface area contributed by atoms with Crippen LogP contribution in [0.5, 0.6) is 0 Å². The summed E-state index contributed by atoms with van der Waals surface area (Å²) in [6.45, 7) is 3.85. The van der Waals surface area contributed by atoms with E-state index >= 15 is 0 Å². The first-order valence-electron chi connectivity index (χ1n) is 4.57. The van der Waals surface area contributed by atoms with Gasteiger partial charge >= 0.3 is 5.97 Å². The van der Waals surface area contributed by atoms with Gasteiger partial charge < -0.3 is 10.4 Å². The molecular weight excluding hydrogens is 198 g/mol. The van der Waals surface area contributed by atoms with Crippen molar-refractivity contribution in [2.24, 2.45) is 5.92 Å².